The third-order valence-corrected chi connectivity index (χ3v) is 4.85. The molecule has 0 amide bonds. The Morgan fingerprint density at radius 2 is 1.30 bits per heavy atom. The van der Waals surface area contributed by atoms with Gasteiger partial charge in [0.2, 0.25) is 0 Å². The molecule has 0 unspecified atom stereocenters. The summed E-state index contributed by atoms with van der Waals surface area (Å²) < 4.78 is 27.9. The van der Waals surface area contributed by atoms with Gasteiger partial charge in [-0.25, -0.2) is 8.78 Å². The van der Waals surface area contributed by atoms with Crippen LogP contribution in [0.3, 0.4) is 0 Å². The second kappa shape index (κ2) is 10.4. The van der Waals surface area contributed by atoms with Gasteiger partial charge in [0.1, 0.15) is 11.6 Å². The number of aryl methyl sites for hydroxylation is 2. The lowest BCUT2D eigenvalue weighted by Crippen LogP contribution is -1.90. The molecule has 0 atom stereocenters. The molecule has 0 aliphatic rings. The van der Waals surface area contributed by atoms with Crippen molar-refractivity contribution in [1.82, 2.24) is 0 Å². The Bertz CT molecular complexity index is 1130. The molecule has 0 nitrogen and oxygen atoms in total. The minimum atomic E-state index is -0.274. The zero-order chi connectivity index (χ0) is 21.3. The van der Waals surface area contributed by atoms with E-state index in [0.717, 1.165) is 42.4 Å². The summed E-state index contributed by atoms with van der Waals surface area (Å²) in [4.78, 5) is 0. The second-order valence-corrected chi connectivity index (χ2v) is 7.31. The summed E-state index contributed by atoms with van der Waals surface area (Å²) in [6, 6.07) is 17.7. The van der Waals surface area contributed by atoms with Crippen molar-refractivity contribution >= 4 is 0 Å². The molecular formula is C28H24F2. The minimum Gasteiger partial charge on any atom is -0.207 e. The molecule has 0 aliphatic heterocycles. The summed E-state index contributed by atoms with van der Waals surface area (Å²) in [5.74, 6) is 11.4. The van der Waals surface area contributed by atoms with E-state index in [1.165, 1.54) is 6.07 Å². The van der Waals surface area contributed by atoms with Gasteiger partial charge < -0.3 is 0 Å². The van der Waals surface area contributed by atoms with Crippen molar-refractivity contribution in [2.75, 3.05) is 0 Å². The van der Waals surface area contributed by atoms with Gasteiger partial charge in [0, 0.05) is 16.7 Å². The van der Waals surface area contributed by atoms with Crippen LogP contribution in [-0.4, -0.2) is 0 Å². The predicted octanol–water partition coefficient (Wildman–Crippen LogP) is 6.81. The Kier molecular flexibility index (Phi) is 7.42. The molecule has 0 fully saturated rings. The van der Waals surface area contributed by atoms with Crippen molar-refractivity contribution < 1.29 is 8.78 Å². The van der Waals surface area contributed by atoms with Gasteiger partial charge in [-0.3, -0.25) is 0 Å². The van der Waals surface area contributed by atoms with E-state index in [9.17, 15) is 8.78 Å². The molecule has 3 rings (SSSR count). The number of benzene rings is 3. The molecule has 3 aromatic carbocycles. The van der Waals surface area contributed by atoms with Crippen LogP contribution in [0.5, 0.6) is 0 Å². The molecule has 0 radical (unpaired) electrons. The number of rotatable bonds is 4. The van der Waals surface area contributed by atoms with Gasteiger partial charge in [-0.05, 0) is 79.4 Å². The van der Waals surface area contributed by atoms with Gasteiger partial charge >= 0.3 is 0 Å². The number of hydrogen-bond donors (Lipinski definition) is 0. The first-order valence-corrected chi connectivity index (χ1v) is 10.2. The molecule has 0 bridgehead atoms. The van der Waals surface area contributed by atoms with Crippen LogP contribution in [0, 0.1) is 42.2 Å². The van der Waals surface area contributed by atoms with E-state index in [0.29, 0.717) is 16.7 Å². The van der Waals surface area contributed by atoms with Crippen LogP contribution in [0.15, 0.2) is 60.7 Å². The summed E-state index contributed by atoms with van der Waals surface area (Å²) in [5, 5.41) is 0. The Morgan fingerprint density at radius 1 is 0.667 bits per heavy atom. The third-order valence-electron chi connectivity index (χ3n) is 4.85. The fourth-order valence-corrected chi connectivity index (χ4v) is 2.99. The Hall–Kier alpha value is -3.36. The van der Waals surface area contributed by atoms with Crippen LogP contribution >= 0.6 is 0 Å². The molecule has 0 aromatic heterocycles. The van der Waals surface area contributed by atoms with Crippen molar-refractivity contribution in [3.8, 4) is 23.7 Å². The van der Waals surface area contributed by atoms with E-state index in [1.54, 1.807) is 31.2 Å². The molecule has 0 N–H and O–H groups in total. The lowest BCUT2D eigenvalue weighted by Gasteiger charge is -2.02. The van der Waals surface area contributed by atoms with Gasteiger partial charge in [0.15, 0.2) is 0 Å². The number of hydrogen-bond acceptors (Lipinski definition) is 0. The molecule has 0 saturated heterocycles. The van der Waals surface area contributed by atoms with E-state index in [1.807, 2.05) is 30.3 Å². The maximum Gasteiger partial charge on any atom is 0.139 e. The quantitative estimate of drug-likeness (QED) is 0.335. The van der Waals surface area contributed by atoms with Gasteiger partial charge in [-0.2, -0.15) is 0 Å². The lowest BCUT2D eigenvalue weighted by atomic mass is 10.0. The molecule has 0 heterocycles. The standard InChI is InChI=1S/C28H24F2/c1-3-4-5-6-24-16-18-26(28(30)20-24)17-15-23-11-9-22(10-12-23)13-14-25-8-7-21(2)27(29)19-25/h7-12,16,18-20H,3-6H2,1-2H3. The van der Waals surface area contributed by atoms with Crippen LogP contribution < -0.4 is 0 Å². The second-order valence-electron chi connectivity index (χ2n) is 7.31. The van der Waals surface area contributed by atoms with Crippen LogP contribution in [0.1, 0.15) is 59.6 Å². The van der Waals surface area contributed by atoms with Crippen LogP contribution in [-0.2, 0) is 6.42 Å². The summed E-state index contributed by atoms with van der Waals surface area (Å²) in [5.41, 5.74) is 4.25. The SMILES string of the molecule is CCCCCc1ccc(C#Cc2ccc(C#Cc3ccc(C)c(F)c3)cc2)c(F)c1. The summed E-state index contributed by atoms with van der Waals surface area (Å²) >= 11 is 0. The highest BCUT2D eigenvalue weighted by Crippen LogP contribution is 2.13. The minimum absolute atomic E-state index is 0.256. The average molecular weight is 398 g/mol. The molecule has 0 spiro atoms. The van der Waals surface area contributed by atoms with Crippen LogP contribution in [0.2, 0.25) is 0 Å². The van der Waals surface area contributed by atoms with Crippen molar-refractivity contribution in [1.29, 1.82) is 0 Å². The maximum absolute atomic E-state index is 14.3. The van der Waals surface area contributed by atoms with E-state index in [2.05, 4.69) is 30.6 Å². The Labute approximate surface area is 178 Å². The first-order chi connectivity index (χ1) is 14.5. The molecule has 0 aliphatic carbocycles. The summed E-state index contributed by atoms with van der Waals surface area (Å²) in [6.45, 7) is 3.88. The summed E-state index contributed by atoms with van der Waals surface area (Å²) in [7, 11) is 0. The predicted molar refractivity (Wildman–Crippen MR) is 119 cm³/mol. The van der Waals surface area contributed by atoms with Gasteiger partial charge in [-0.1, -0.05) is 55.6 Å². The van der Waals surface area contributed by atoms with Gasteiger partial charge in [0.25, 0.3) is 0 Å². The van der Waals surface area contributed by atoms with Gasteiger partial charge in [-0.15, -0.1) is 0 Å². The average Bonchev–Trinajstić information content (AvgIpc) is 2.75. The van der Waals surface area contributed by atoms with Gasteiger partial charge in [0.05, 0.1) is 5.56 Å². The third kappa shape index (κ3) is 6.07. The Morgan fingerprint density at radius 3 is 1.93 bits per heavy atom. The Balaban J connectivity index is 1.67. The highest BCUT2D eigenvalue weighted by molar-refractivity contribution is 5.48. The van der Waals surface area contributed by atoms with Crippen LogP contribution in [0.25, 0.3) is 0 Å². The van der Waals surface area contributed by atoms with Crippen molar-refractivity contribution in [2.45, 2.75) is 39.5 Å². The zero-order valence-corrected chi connectivity index (χ0v) is 17.4. The molecular weight excluding hydrogens is 374 g/mol. The molecule has 30 heavy (non-hydrogen) atoms. The monoisotopic (exact) mass is 398 g/mol. The molecule has 3 aromatic rings. The molecule has 2 heteroatoms. The van der Waals surface area contributed by atoms with E-state index < -0.39 is 0 Å². The lowest BCUT2D eigenvalue weighted by molar-refractivity contribution is 0.618. The first kappa shape index (κ1) is 21.4. The smallest absolute Gasteiger partial charge is 0.139 e. The zero-order valence-electron chi connectivity index (χ0n) is 17.4. The van der Waals surface area contributed by atoms with E-state index in [4.69, 9.17) is 0 Å². The van der Waals surface area contributed by atoms with Crippen molar-refractivity contribution in [2.24, 2.45) is 0 Å². The fourth-order valence-electron chi connectivity index (χ4n) is 2.99. The van der Waals surface area contributed by atoms with E-state index in [-0.39, 0.29) is 11.6 Å². The normalized spacial score (nSPS) is 10.0. The highest BCUT2D eigenvalue weighted by atomic mass is 19.1. The van der Waals surface area contributed by atoms with Crippen molar-refractivity contribution in [3.05, 3.63) is 106 Å². The molecule has 150 valence electrons. The highest BCUT2D eigenvalue weighted by Gasteiger charge is 2.01. The number of unbranched alkanes of at least 4 members (excludes halogenated alkanes) is 2. The largest absolute Gasteiger partial charge is 0.207 e. The number of halogens is 2. The first-order valence-electron chi connectivity index (χ1n) is 10.2. The maximum atomic E-state index is 14.3. The van der Waals surface area contributed by atoms with Crippen molar-refractivity contribution in [3.63, 3.8) is 0 Å². The van der Waals surface area contributed by atoms with Crippen LogP contribution in [0.4, 0.5) is 8.78 Å². The summed E-state index contributed by atoms with van der Waals surface area (Å²) in [6.07, 6.45) is 4.29. The fraction of sp³-hybridized carbons (Fsp3) is 0.214. The topological polar surface area (TPSA) is 0 Å². The van der Waals surface area contributed by atoms with E-state index >= 15 is 0 Å². The molecule has 0 saturated carbocycles.